The van der Waals surface area contributed by atoms with Crippen molar-refractivity contribution >= 4 is 5.91 Å². The third-order valence-electron chi connectivity index (χ3n) is 1.24. The van der Waals surface area contributed by atoms with E-state index in [0.29, 0.717) is 0 Å². The highest BCUT2D eigenvalue weighted by Crippen LogP contribution is 2.19. The molecule has 0 saturated heterocycles. The summed E-state index contributed by atoms with van der Waals surface area (Å²) in [5.74, 6) is -0.713. The van der Waals surface area contributed by atoms with E-state index in [4.69, 9.17) is 17.3 Å². The lowest BCUT2D eigenvalue weighted by Crippen LogP contribution is -2.24. The molecular weight excluding hydrogens is 142 g/mol. The van der Waals surface area contributed by atoms with Crippen molar-refractivity contribution in [3.63, 3.8) is 0 Å². The Bertz CT molecular complexity index is 251. The molecule has 1 saturated carbocycles. The Labute approximate surface area is 73.9 Å². The Morgan fingerprint density at radius 2 is 2.18 bits per heavy atom. The van der Waals surface area contributed by atoms with Crippen molar-refractivity contribution in [3.05, 3.63) is 0 Å². The number of amides is 1. The summed E-state index contributed by atoms with van der Waals surface area (Å²) in [6, 6.07) is 0. The Balaban J connectivity index is 2.70. The van der Waals surface area contributed by atoms with E-state index in [1.807, 2.05) is 0 Å². The first kappa shape index (κ1) is 3.90. The van der Waals surface area contributed by atoms with Crippen molar-refractivity contribution in [1.82, 2.24) is 0 Å². The van der Waals surface area contributed by atoms with Gasteiger partial charge < -0.3 is 10.5 Å². The van der Waals surface area contributed by atoms with E-state index in [-0.39, 0.29) is 0 Å². The largest absolute Gasteiger partial charge is 0.368 e. The molecule has 0 aliphatic heterocycles. The topological polar surface area (TPSA) is 52.3 Å². The molecule has 1 aliphatic rings. The SMILES string of the molecule is [2H]C1C([2H])C([2H])C(OCC(N)=O)C([2H])C1[2H]. The van der Waals surface area contributed by atoms with Crippen LogP contribution in [0.4, 0.5) is 0 Å². The third kappa shape index (κ3) is 3.37. The number of ether oxygens (including phenoxy) is 1. The van der Waals surface area contributed by atoms with Crippen LogP contribution in [0.15, 0.2) is 0 Å². The monoisotopic (exact) mass is 162 g/mol. The molecule has 0 heterocycles. The quantitative estimate of drug-likeness (QED) is 0.668. The maximum atomic E-state index is 10.5. The molecule has 0 bridgehead atoms. The van der Waals surface area contributed by atoms with E-state index in [1.165, 1.54) is 0 Å². The van der Waals surface area contributed by atoms with E-state index in [1.54, 1.807) is 0 Å². The van der Waals surface area contributed by atoms with E-state index in [2.05, 4.69) is 0 Å². The minimum Gasteiger partial charge on any atom is -0.368 e. The summed E-state index contributed by atoms with van der Waals surface area (Å²) in [7, 11) is 0. The number of hydrogen-bond donors (Lipinski definition) is 1. The van der Waals surface area contributed by atoms with Crippen LogP contribution in [-0.4, -0.2) is 18.6 Å². The average molecular weight is 162 g/mol. The molecule has 4 unspecified atom stereocenters. The van der Waals surface area contributed by atoms with Crippen LogP contribution in [0.1, 0.15) is 38.8 Å². The van der Waals surface area contributed by atoms with Gasteiger partial charge in [-0.2, -0.15) is 0 Å². The molecule has 0 aromatic rings. The molecule has 0 aromatic carbocycles. The maximum absolute atomic E-state index is 10.5. The van der Waals surface area contributed by atoms with Gasteiger partial charge in [-0.25, -0.2) is 0 Å². The Kier molecular flexibility index (Phi) is 1.54. The van der Waals surface area contributed by atoms with Crippen molar-refractivity contribution in [2.24, 2.45) is 5.73 Å². The number of primary amides is 1. The molecule has 3 nitrogen and oxygen atoms in total. The highest BCUT2D eigenvalue weighted by atomic mass is 16.5. The third-order valence-corrected chi connectivity index (χ3v) is 1.24. The smallest absolute Gasteiger partial charge is 0.243 e. The van der Waals surface area contributed by atoms with Gasteiger partial charge in [0, 0.05) is 6.85 Å². The van der Waals surface area contributed by atoms with Crippen molar-refractivity contribution in [2.75, 3.05) is 6.61 Å². The molecule has 64 valence electrons. The Morgan fingerprint density at radius 1 is 1.55 bits per heavy atom. The number of nitrogens with two attached hydrogens (primary N) is 1. The van der Waals surface area contributed by atoms with Crippen LogP contribution in [0.2, 0.25) is 0 Å². The van der Waals surface area contributed by atoms with Crippen LogP contribution in [-0.2, 0) is 9.53 Å². The number of rotatable bonds is 3. The second-order valence-corrected chi connectivity index (χ2v) is 2.20. The Morgan fingerprint density at radius 3 is 2.73 bits per heavy atom. The number of hydrogen-bond acceptors (Lipinski definition) is 2. The van der Waals surface area contributed by atoms with Gasteiger partial charge in [0.05, 0.1) is 6.10 Å². The zero-order chi connectivity index (χ0) is 12.5. The van der Waals surface area contributed by atoms with Crippen molar-refractivity contribution in [1.29, 1.82) is 0 Å². The second kappa shape index (κ2) is 4.34. The minimum atomic E-state index is -1.10. The van der Waals surface area contributed by atoms with Gasteiger partial charge in [0.1, 0.15) is 6.61 Å². The van der Waals surface area contributed by atoms with E-state index in [0.717, 1.165) is 0 Å². The average Bonchev–Trinajstić information content (AvgIpc) is 2.23. The second-order valence-electron chi connectivity index (χ2n) is 2.20. The van der Waals surface area contributed by atoms with Crippen molar-refractivity contribution in [3.8, 4) is 0 Å². The van der Waals surface area contributed by atoms with Gasteiger partial charge >= 0.3 is 0 Å². The maximum Gasteiger partial charge on any atom is 0.243 e. The first-order valence-electron chi connectivity index (χ1n) is 6.26. The fourth-order valence-corrected chi connectivity index (χ4v) is 0.765. The molecule has 11 heavy (non-hydrogen) atoms. The van der Waals surface area contributed by atoms with Crippen LogP contribution >= 0.6 is 0 Å². The Hall–Kier alpha value is -0.570. The molecule has 1 amide bonds. The molecule has 3 heteroatoms. The highest BCUT2D eigenvalue weighted by molar-refractivity contribution is 5.74. The molecular formula is C8H15NO2. The number of carbonyl (C=O) groups excluding carboxylic acids is 1. The van der Waals surface area contributed by atoms with Gasteiger partial charge in [-0.3, -0.25) is 4.79 Å². The minimum absolute atomic E-state index is 0.419. The van der Waals surface area contributed by atoms with Crippen LogP contribution in [0.5, 0.6) is 0 Å². The van der Waals surface area contributed by atoms with Gasteiger partial charge in [-0.1, -0.05) is 19.2 Å². The summed E-state index contributed by atoms with van der Waals surface area (Å²) in [5, 5.41) is 0. The predicted octanol–water partition coefficient (Wildman–Crippen LogP) is 0.821. The van der Waals surface area contributed by atoms with Gasteiger partial charge in [-0.05, 0) is 12.8 Å². The summed E-state index contributed by atoms with van der Waals surface area (Å²) in [5.41, 5.74) is 4.88. The molecule has 0 aromatic heterocycles. The summed E-state index contributed by atoms with van der Waals surface area (Å²) in [6.07, 6.45) is -6.46. The first-order valence-corrected chi connectivity index (χ1v) is 3.37. The van der Waals surface area contributed by atoms with Crippen LogP contribution in [0.25, 0.3) is 0 Å². The fraction of sp³-hybridized carbons (Fsp3) is 0.875. The normalized spacial score (nSPS) is 64.9. The predicted molar refractivity (Wildman–Crippen MR) is 42.0 cm³/mol. The molecule has 0 spiro atoms. The zero-order valence-corrected chi connectivity index (χ0v) is 6.07. The first-order chi connectivity index (χ1) is 7.36. The van der Waals surface area contributed by atoms with Crippen molar-refractivity contribution < 1.29 is 16.4 Å². The van der Waals surface area contributed by atoms with Gasteiger partial charge in [0.2, 0.25) is 5.91 Å². The van der Waals surface area contributed by atoms with Crippen molar-refractivity contribution in [2.45, 2.75) is 38.1 Å². The molecule has 1 fully saturated rings. The van der Waals surface area contributed by atoms with Crippen LogP contribution < -0.4 is 5.73 Å². The zero-order valence-electron chi connectivity index (χ0n) is 11.1. The fourth-order valence-electron chi connectivity index (χ4n) is 0.765. The summed E-state index contributed by atoms with van der Waals surface area (Å²) >= 11 is 0. The molecule has 2 N–H and O–H groups in total. The van der Waals surface area contributed by atoms with Gasteiger partial charge in [-0.15, -0.1) is 0 Å². The number of carbonyl (C=O) groups is 1. The molecule has 1 rings (SSSR count). The van der Waals surface area contributed by atoms with Gasteiger partial charge in [0.15, 0.2) is 0 Å². The molecule has 1 aliphatic carbocycles. The van der Waals surface area contributed by atoms with E-state index >= 15 is 0 Å². The summed E-state index contributed by atoms with van der Waals surface area (Å²) < 4.78 is 42.9. The standard InChI is InChI=1S/C8H15NO2/c9-8(10)6-11-7-4-2-1-3-5-7/h7H,1-6H2,(H2,9,10)/i1D,2D,3D,4D,5D. The van der Waals surface area contributed by atoms with E-state index < -0.39 is 50.6 Å². The van der Waals surface area contributed by atoms with Crippen LogP contribution in [0.3, 0.4) is 0 Å². The lowest BCUT2D eigenvalue weighted by Gasteiger charge is -2.20. The van der Waals surface area contributed by atoms with Crippen LogP contribution in [0, 0.1) is 0 Å². The lowest BCUT2D eigenvalue weighted by atomic mass is 9.98. The van der Waals surface area contributed by atoms with E-state index in [9.17, 15) is 4.79 Å². The molecule has 0 radical (unpaired) electrons. The molecule has 4 atom stereocenters. The summed E-state index contributed by atoms with van der Waals surface area (Å²) in [4.78, 5) is 10.5. The lowest BCUT2D eigenvalue weighted by molar-refractivity contribution is -0.125. The highest BCUT2D eigenvalue weighted by Gasteiger charge is 2.13. The summed E-state index contributed by atoms with van der Waals surface area (Å²) in [6.45, 7) is -0.419. The van der Waals surface area contributed by atoms with Gasteiger partial charge in [0.25, 0.3) is 0 Å².